The van der Waals surface area contributed by atoms with E-state index in [2.05, 4.69) is 15.5 Å². The van der Waals surface area contributed by atoms with Gasteiger partial charge in [0.2, 0.25) is 0 Å². The summed E-state index contributed by atoms with van der Waals surface area (Å²) in [6.07, 6.45) is -1.73. The highest BCUT2D eigenvalue weighted by atomic mass is 16.6. The molecule has 1 aromatic carbocycles. The lowest BCUT2D eigenvalue weighted by Crippen LogP contribution is -2.75. The van der Waals surface area contributed by atoms with Gasteiger partial charge < -0.3 is 48.9 Å². The molecule has 2 amide bonds. The van der Waals surface area contributed by atoms with Crippen molar-refractivity contribution < 1.29 is 67.0 Å². The van der Waals surface area contributed by atoms with Gasteiger partial charge in [-0.25, -0.2) is 19.2 Å². The Balaban J connectivity index is 1.52. The van der Waals surface area contributed by atoms with Gasteiger partial charge in [0.25, 0.3) is 0 Å². The van der Waals surface area contributed by atoms with E-state index < -0.39 is 107 Å². The number of amides is 2. The lowest BCUT2D eigenvalue weighted by molar-refractivity contribution is -0.207. The minimum Gasteiger partial charge on any atom is -0.481 e. The first-order chi connectivity index (χ1) is 28.0. The van der Waals surface area contributed by atoms with Crippen LogP contribution in [0.1, 0.15) is 125 Å². The van der Waals surface area contributed by atoms with Crippen LogP contribution in [0.25, 0.3) is 0 Å². The molecular weight excluding hydrogens is 794 g/mol. The average Bonchev–Trinajstić information content (AvgIpc) is 3.43. The maximum atomic E-state index is 14.4. The highest BCUT2D eigenvalue weighted by Gasteiger charge is 2.74. The van der Waals surface area contributed by atoms with E-state index in [9.17, 15) is 33.9 Å². The van der Waals surface area contributed by atoms with E-state index in [1.807, 2.05) is 13.1 Å². The Morgan fingerprint density at radius 2 is 1.30 bits per heavy atom. The second kappa shape index (κ2) is 16.8. The molecule has 2 aliphatic carbocycles. The van der Waals surface area contributed by atoms with Crippen molar-refractivity contribution in [1.82, 2.24) is 15.5 Å². The van der Waals surface area contributed by atoms with Gasteiger partial charge in [0.05, 0.1) is 30.9 Å². The molecule has 4 aliphatic rings. The van der Waals surface area contributed by atoms with Crippen LogP contribution in [0, 0.1) is 0 Å². The molecule has 2 heterocycles. The first-order valence-electron chi connectivity index (χ1n) is 20.7. The number of nitrogens with one attached hydrogen (secondary N) is 2. The van der Waals surface area contributed by atoms with Crippen molar-refractivity contribution in [2.24, 2.45) is 0 Å². The molecule has 0 aromatic heterocycles. The van der Waals surface area contributed by atoms with E-state index in [-0.39, 0.29) is 18.8 Å². The Morgan fingerprint density at radius 3 is 1.79 bits per heavy atom. The van der Waals surface area contributed by atoms with Crippen molar-refractivity contribution >= 4 is 36.1 Å². The van der Waals surface area contributed by atoms with Crippen LogP contribution in [0.15, 0.2) is 24.0 Å². The Morgan fingerprint density at radius 1 is 0.787 bits per heavy atom. The maximum absolute atomic E-state index is 14.4. The number of nitrogens with zero attached hydrogens (tertiary/aromatic N) is 1. The molecular formula is C44H63N3O14. The number of aliphatic hydroxyl groups is 1. The minimum atomic E-state index is -1.48. The Bertz CT molecular complexity index is 1950. The van der Waals surface area contributed by atoms with Gasteiger partial charge in [-0.3, -0.25) is 14.5 Å². The SMILES string of the molecule is CN1CC[C@]23c4c5ccc(CO)c4O[C@H]2C(OC(=O)C[C@H](NC(=O)OC(C)(C)C)C(=O)OC(C)(C)C)=CC[C@@]3(OC(=O)C[C@H](NC(=O)OC(C)(C)C)C(=O)OC(C)(C)C)[C@H]1C5. The number of ether oxygens (including phenoxy) is 7. The second-order valence-electron chi connectivity index (χ2n) is 20.2. The molecule has 5 rings (SSSR count). The number of carbonyl (C=O) groups is 6. The number of carbonyl (C=O) groups excluding carboxylic acids is 6. The summed E-state index contributed by atoms with van der Waals surface area (Å²) in [5.74, 6) is -2.98. The van der Waals surface area contributed by atoms with Gasteiger partial charge in [-0.2, -0.15) is 0 Å². The van der Waals surface area contributed by atoms with Gasteiger partial charge >= 0.3 is 36.1 Å². The lowest BCUT2D eigenvalue weighted by atomic mass is 9.50. The molecule has 6 atom stereocenters. The zero-order chi connectivity index (χ0) is 45.7. The summed E-state index contributed by atoms with van der Waals surface area (Å²) in [6, 6.07) is 0.299. The molecule has 1 spiro atoms. The summed E-state index contributed by atoms with van der Waals surface area (Å²) in [7, 11) is 1.92. The average molecular weight is 858 g/mol. The normalized spacial score (nSPS) is 24.1. The predicted octanol–water partition coefficient (Wildman–Crippen LogP) is 4.80. The van der Waals surface area contributed by atoms with Gasteiger partial charge in [0, 0.05) is 17.5 Å². The molecule has 2 bridgehead atoms. The number of likely N-dealkylation sites (N-methyl/N-ethyl adjacent to an activating group) is 1. The van der Waals surface area contributed by atoms with Gasteiger partial charge in [-0.05, 0) is 121 Å². The number of likely N-dealkylation sites (tertiary alicyclic amines) is 1. The molecule has 338 valence electrons. The molecule has 0 radical (unpaired) electrons. The predicted molar refractivity (Wildman–Crippen MR) is 218 cm³/mol. The number of piperidine rings is 1. The Labute approximate surface area is 357 Å². The van der Waals surface area contributed by atoms with E-state index in [1.165, 1.54) is 0 Å². The van der Waals surface area contributed by atoms with Crippen LogP contribution in [0.3, 0.4) is 0 Å². The quantitative estimate of drug-likeness (QED) is 0.201. The molecule has 1 fully saturated rings. The number of hydrogen-bond donors (Lipinski definition) is 3. The number of hydrogen-bond acceptors (Lipinski definition) is 15. The molecule has 1 aromatic rings. The summed E-state index contributed by atoms with van der Waals surface area (Å²) in [5.41, 5.74) is -4.14. The number of benzene rings is 1. The smallest absolute Gasteiger partial charge is 0.408 e. The van der Waals surface area contributed by atoms with E-state index in [0.29, 0.717) is 30.7 Å². The summed E-state index contributed by atoms with van der Waals surface area (Å²) in [5, 5.41) is 15.4. The van der Waals surface area contributed by atoms with Crippen LogP contribution >= 0.6 is 0 Å². The number of esters is 4. The van der Waals surface area contributed by atoms with Crippen molar-refractivity contribution in [3.63, 3.8) is 0 Å². The topological polar surface area (TPSA) is 215 Å². The van der Waals surface area contributed by atoms with Crippen molar-refractivity contribution in [1.29, 1.82) is 0 Å². The second-order valence-corrected chi connectivity index (χ2v) is 20.2. The minimum absolute atomic E-state index is 0.0285. The number of alkyl carbamates (subject to hydrolysis) is 2. The van der Waals surface area contributed by atoms with Crippen molar-refractivity contribution in [2.45, 2.75) is 179 Å². The molecule has 3 N–H and O–H groups in total. The van der Waals surface area contributed by atoms with Crippen LogP contribution < -0.4 is 15.4 Å². The Kier molecular flexibility index (Phi) is 13.0. The van der Waals surface area contributed by atoms with Crippen LogP contribution in [0.2, 0.25) is 0 Å². The highest BCUT2D eigenvalue weighted by Crippen LogP contribution is 2.65. The molecule has 17 nitrogen and oxygen atoms in total. The monoisotopic (exact) mass is 857 g/mol. The molecule has 61 heavy (non-hydrogen) atoms. The highest BCUT2D eigenvalue weighted by molar-refractivity contribution is 5.88. The van der Waals surface area contributed by atoms with Crippen LogP contribution in [0.4, 0.5) is 9.59 Å². The van der Waals surface area contributed by atoms with E-state index in [0.717, 1.165) is 11.1 Å². The van der Waals surface area contributed by atoms with Crippen LogP contribution in [-0.2, 0) is 66.0 Å². The summed E-state index contributed by atoms with van der Waals surface area (Å²) < 4.78 is 41.3. The third kappa shape index (κ3) is 10.4. The standard InChI is InChI=1S/C44H63N3O14/c1-39(2,3)58-35(51)26(45-37(53)60-41(7,8)9)21-30(49)55-28-16-17-44(57-31(50)22-27(36(52)59-40(4,5)6)46-38(54)61-42(10,11)12)29-20-24-14-15-25(23-48)33-32(24)43(44,34(28)56-33)18-19-47(29)13/h14-16,26-27,29,34,48H,17-23H2,1-13H3,(H,45,53)(H,46,54)/t26-,27-,29+,34-,43-,44+/m0/s1. The molecule has 1 saturated heterocycles. The first-order valence-corrected chi connectivity index (χ1v) is 20.7. The zero-order valence-corrected chi connectivity index (χ0v) is 37.7. The molecule has 0 unspecified atom stereocenters. The molecule has 2 aliphatic heterocycles. The van der Waals surface area contributed by atoms with Gasteiger partial charge in [0.1, 0.15) is 51.6 Å². The third-order valence-corrected chi connectivity index (χ3v) is 10.6. The van der Waals surface area contributed by atoms with Crippen LogP contribution in [0.5, 0.6) is 5.75 Å². The molecule has 17 heteroatoms. The van der Waals surface area contributed by atoms with E-state index >= 15 is 0 Å². The first kappa shape index (κ1) is 47.2. The zero-order valence-electron chi connectivity index (χ0n) is 37.7. The van der Waals surface area contributed by atoms with E-state index in [1.54, 1.807) is 95.2 Å². The van der Waals surface area contributed by atoms with Crippen molar-refractivity contribution in [3.05, 3.63) is 40.7 Å². The van der Waals surface area contributed by atoms with E-state index in [4.69, 9.17) is 33.2 Å². The Hall–Kier alpha value is -4.90. The third-order valence-electron chi connectivity index (χ3n) is 10.6. The summed E-state index contributed by atoms with van der Waals surface area (Å²) >= 11 is 0. The van der Waals surface area contributed by atoms with Gasteiger partial charge in [-0.15, -0.1) is 0 Å². The summed E-state index contributed by atoms with van der Waals surface area (Å²) in [6.45, 7) is 20.0. The molecule has 0 saturated carbocycles. The fourth-order valence-corrected chi connectivity index (χ4v) is 8.58. The maximum Gasteiger partial charge on any atom is 0.408 e. The van der Waals surface area contributed by atoms with Gasteiger partial charge in [0.15, 0.2) is 6.10 Å². The van der Waals surface area contributed by atoms with Gasteiger partial charge in [-0.1, -0.05) is 12.1 Å². The number of aliphatic hydroxyl groups excluding tert-OH is 1. The fourth-order valence-electron chi connectivity index (χ4n) is 8.58. The lowest BCUT2D eigenvalue weighted by Gasteiger charge is -2.62. The van der Waals surface area contributed by atoms with Crippen LogP contribution in [-0.4, -0.2) is 112 Å². The number of rotatable bonds is 11. The van der Waals surface area contributed by atoms with Crippen molar-refractivity contribution in [2.75, 3.05) is 13.6 Å². The van der Waals surface area contributed by atoms with Crippen molar-refractivity contribution in [3.8, 4) is 5.75 Å². The summed E-state index contributed by atoms with van der Waals surface area (Å²) in [4.78, 5) is 83.0. The fraction of sp³-hybridized carbons (Fsp3) is 0.682. The largest absolute Gasteiger partial charge is 0.481 e.